The summed E-state index contributed by atoms with van der Waals surface area (Å²) in [4.78, 5) is 25.5. The molecule has 2 aromatic rings. The van der Waals surface area contributed by atoms with Gasteiger partial charge >= 0.3 is 6.09 Å². The van der Waals surface area contributed by atoms with Crippen molar-refractivity contribution >= 4 is 53.9 Å². The van der Waals surface area contributed by atoms with Crippen LogP contribution in [0.25, 0.3) is 0 Å². The molecule has 190 valence electrons. The Kier molecular flexibility index (Phi) is 8.17. The van der Waals surface area contributed by atoms with Gasteiger partial charge in [0.15, 0.2) is 0 Å². The molecule has 2 aromatic carbocycles. The number of quaternary nitrogens is 1. The standard InChI is InChI=1S/C24H29Br2N3O5S/c1-15-6-5-7-16(10-15)22(30)27-13-19-12-18(14-29(19,23(31)32)24(2,3)4)28-35(33,34)21-11-17(25)8-9-20(21)26/h5-11,18-19,28H,12-14H2,1-4H3,(H-,27,30,31,32)/p+1/t18-,19-,29?/m1/s1. The maximum absolute atomic E-state index is 13.2. The van der Waals surface area contributed by atoms with E-state index in [1.165, 1.54) is 6.07 Å². The second-order valence-corrected chi connectivity index (χ2v) is 13.3. The SMILES string of the molecule is Cc1cccc(C(=O)NC[C@H]2C[C@@H](NS(=O)(=O)c3cc(Br)ccc3Br)C[N+]2(C(=O)O)C(C)(C)C)c1. The first kappa shape index (κ1) is 27.8. The predicted octanol–water partition coefficient (Wildman–Crippen LogP) is 4.66. The first-order valence-electron chi connectivity index (χ1n) is 11.1. The number of carboxylic acid groups (broad SMARTS) is 1. The molecular formula is C24H30Br2N3O5S+. The normalized spacial score (nSPS) is 22.7. The van der Waals surface area contributed by atoms with Crippen LogP contribution in [0.3, 0.4) is 0 Å². The van der Waals surface area contributed by atoms with Crippen molar-refractivity contribution in [2.75, 3.05) is 13.1 Å². The lowest BCUT2D eigenvalue weighted by Gasteiger charge is -2.44. The minimum Gasteiger partial charge on any atom is -0.435 e. The van der Waals surface area contributed by atoms with E-state index in [-0.39, 0.29) is 34.8 Å². The summed E-state index contributed by atoms with van der Waals surface area (Å²) in [6.07, 6.45) is -0.805. The lowest BCUT2D eigenvalue weighted by Crippen LogP contribution is -2.68. The van der Waals surface area contributed by atoms with Gasteiger partial charge in [0.1, 0.15) is 18.1 Å². The number of hydrogen-bond donors (Lipinski definition) is 3. The van der Waals surface area contributed by atoms with Gasteiger partial charge in [-0.1, -0.05) is 33.6 Å². The second kappa shape index (κ2) is 10.3. The van der Waals surface area contributed by atoms with Gasteiger partial charge in [-0.25, -0.2) is 17.6 Å². The third kappa shape index (κ3) is 5.80. The summed E-state index contributed by atoms with van der Waals surface area (Å²) in [6, 6.07) is 10.8. The molecule has 2 amide bonds. The molecule has 11 heteroatoms. The molecule has 3 atom stereocenters. The molecule has 0 spiro atoms. The number of carbonyl (C=O) groups is 2. The molecule has 1 fully saturated rings. The first-order valence-corrected chi connectivity index (χ1v) is 14.2. The molecule has 0 aromatic heterocycles. The number of hydrogen-bond acceptors (Lipinski definition) is 4. The lowest BCUT2D eigenvalue weighted by molar-refractivity contribution is -0.913. The van der Waals surface area contributed by atoms with Gasteiger partial charge in [-0.2, -0.15) is 4.79 Å². The number of aryl methyl sites for hydroxylation is 1. The number of rotatable bonds is 6. The van der Waals surface area contributed by atoms with Gasteiger partial charge in [0.2, 0.25) is 10.0 Å². The Labute approximate surface area is 223 Å². The fraction of sp³-hybridized carbons (Fsp3) is 0.417. The van der Waals surface area contributed by atoms with Crippen molar-refractivity contribution in [1.82, 2.24) is 10.0 Å². The van der Waals surface area contributed by atoms with E-state index in [9.17, 15) is 23.1 Å². The van der Waals surface area contributed by atoms with Crippen molar-refractivity contribution < 1.29 is 27.6 Å². The highest BCUT2D eigenvalue weighted by Crippen LogP contribution is 2.38. The Morgan fingerprint density at radius 3 is 2.43 bits per heavy atom. The number of nitrogens with one attached hydrogen (secondary N) is 2. The van der Waals surface area contributed by atoms with Crippen LogP contribution in [0.4, 0.5) is 4.79 Å². The highest BCUT2D eigenvalue weighted by atomic mass is 79.9. The topological polar surface area (TPSA) is 113 Å². The average molecular weight is 632 g/mol. The summed E-state index contributed by atoms with van der Waals surface area (Å²) in [7, 11) is -3.94. The number of benzene rings is 2. The lowest BCUT2D eigenvalue weighted by atomic mass is 9.99. The Morgan fingerprint density at radius 1 is 1.14 bits per heavy atom. The molecule has 1 aliphatic rings. The quantitative estimate of drug-likeness (QED) is 0.402. The highest BCUT2D eigenvalue weighted by Gasteiger charge is 2.59. The summed E-state index contributed by atoms with van der Waals surface area (Å²) < 4.78 is 29.7. The summed E-state index contributed by atoms with van der Waals surface area (Å²) in [5.41, 5.74) is 0.683. The molecule has 3 N–H and O–H groups in total. The average Bonchev–Trinajstić information content (AvgIpc) is 3.12. The van der Waals surface area contributed by atoms with Crippen LogP contribution < -0.4 is 10.0 Å². The Hall–Kier alpha value is -1.79. The molecule has 3 rings (SSSR count). The van der Waals surface area contributed by atoms with E-state index in [0.717, 1.165) is 5.56 Å². The van der Waals surface area contributed by atoms with Crippen molar-refractivity contribution in [3.8, 4) is 0 Å². The third-order valence-corrected chi connectivity index (χ3v) is 9.52. The third-order valence-electron chi connectivity index (χ3n) is 6.51. The van der Waals surface area contributed by atoms with E-state index >= 15 is 0 Å². The van der Waals surface area contributed by atoms with Crippen LogP contribution in [0.5, 0.6) is 0 Å². The number of likely N-dealkylation sites (tertiary alicyclic amines) is 1. The Morgan fingerprint density at radius 2 is 1.83 bits per heavy atom. The highest BCUT2D eigenvalue weighted by molar-refractivity contribution is 9.11. The zero-order valence-electron chi connectivity index (χ0n) is 20.0. The zero-order valence-corrected chi connectivity index (χ0v) is 24.0. The first-order chi connectivity index (χ1) is 16.2. The predicted molar refractivity (Wildman–Crippen MR) is 141 cm³/mol. The molecule has 0 saturated carbocycles. The summed E-state index contributed by atoms with van der Waals surface area (Å²) in [6.45, 7) is 7.48. The van der Waals surface area contributed by atoms with Gasteiger partial charge in [-0.15, -0.1) is 0 Å². The van der Waals surface area contributed by atoms with Crippen molar-refractivity contribution in [3.05, 3.63) is 62.5 Å². The van der Waals surface area contributed by atoms with Crippen molar-refractivity contribution in [1.29, 1.82) is 0 Å². The largest absolute Gasteiger partial charge is 0.514 e. The van der Waals surface area contributed by atoms with E-state index in [4.69, 9.17) is 0 Å². The fourth-order valence-electron chi connectivity index (χ4n) is 4.81. The van der Waals surface area contributed by atoms with E-state index < -0.39 is 33.7 Å². The molecule has 35 heavy (non-hydrogen) atoms. The molecule has 1 unspecified atom stereocenters. The van der Waals surface area contributed by atoms with Crippen LogP contribution >= 0.6 is 31.9 Å². The monoisotopic (exact) mass is 630 g/mol. The molecule has 1 aliphatic heterocycles. The van der Waals surface area contributed by atoms with E-state index in [2.05, 4.69) is 41.9 Å². The van der Waals surface area contributed by atoms with Gasteiger partial charge in [0.05, 0.1) is 17.5 Å². The van der Waals surface area contributed by atoms with Crippen LogP contribution in [0, 0.1) is 6.92 Å². The van der Waals surface area contributed by atoms with E-state index in [1.54, 1.807) is 30.3 Å². The fourth-order valence-corrected chi connectivity index (χ4v) is 7.55. The molecule has 1 heterocycles. The van der Waals surface area contributed by atoms with Crippen LogP contribution in [0.15, 0.2) is 56.3 Å². The van der Waals surface area contributed by atoms with Crippen LogP contribution in [0.2, 0.25) is 0 Å². The smallest absolute Gasteiger partial charge is 0.435 e. The van der Waals surface area contributed by atoms with Gasteiger partial charge in [-0.05, 0) is 74.0 Å². The van der Waals surface area contributed by atoms with Gasteiger partial charge in [0, 0.05) is 20.9 Å². The molecule has 0 bridgehead atoms. The Balaban J connectivity index is 1.88. The maximum Gasteiger partial charge on any atom is 0.514 e. The summed E-state index contributed by atoms with van der Waals surface area (Å²) >= 11 is 6.59. The van der Waals surface area contributed by atoms with Crippen molar-refractivity contribution in [3.63, 3.8) is 0 Å². The van der Waals surface area contributed by atoms with Crippen molar-refractivity contribution in [2.24, 2.45) is 0 Å². The molecule has 1 saturated heterocycles. The van der Waals surface area contributed by atoms with Crippen LogP contribution in [-0.4, -0.2) is 60.7 Å². The number of nitrogens with zero attached hydrogens (tertiary/aromatic N) is 1. The Bertz CT molecular complexity index is 1250. The van der Waals surface area contributed by atoms with E-state index in [1.807, 2.05) is 33.8 Å². The number of amides is 2. The van der Waals surface area contributed by atoms with Crippen LogP contribution in [-0.2, 0) is 10.0 Å². The minimum absolute atomic E-state index is 0.0503. The maximum atomic E-state index is 13.2. The van der Waals surface area contributed by atoms with E-state index in [0.29, 0.717) is 14.5 Å². The molecule has 0 aliphatic carbocycles. The van der Waals surface area contributed by atoms with Gasteiger partial charge in [0.25, 0.3) is 5.91 Å². The summed E-state index contributed by atoms with van der Waals surface area (Å²) in [5, 5.41) is 13.2. The number of carbonyl (C=O) groups excluding carboxylic acids is 1. The molecule has 0 radical (unpaired) electrons. The zero-order chi connectivity index (χ0) is 26.2. The van der Waals surface area contributed by atoms with Crippen molar-refractivity contribution in [2.45, 2.75) is 56.6 Å². The summed E-state index contributed by atoms with van der Waals surface area (Å²) in [5.74, 6) is -0.298. The number of sulfonamides is 1. The molecular weight excluding hydrogens is 602 g/mol. The van der Waals surface area contributed by atoms with Crippen LogP contribution in [0.1, 0.15) is 43.1 Å². The second-order valence-electron chi connectivity index (χ2n) is 9.87. The number of halogens is 2. The van der Waals surface area contributed by atoms with Gasteiger partial charge in [-0.3, -0.25) is 4.79 Å². The van der Waals surface area contributed by atoms with Gasteiger partial charge < -0.3 is 10.4 Å². The minimum atomic E-state index is -3.94. The molecule has 8 nitrogen and oxygen atoms in total.